The maximum atomic E-state index is 12.2. The largest absolute Gasteiger partial charge is 0.444 e. The number of alkyl carbamates (subject to hydrolysis) is 1. The SMILES string of the molecule is CO[C@@H](O)C1CN(Cc2cccc3ccccc23)C[C@H]1NC(=O)OC(C)(C)C. The van der Waals surface area contributed by atoms with Crippen molar-refractivity contribution in [1.82, 2.24) is 10.2 Å². The summed E-state index contributed by atoms with van der Waals surface area (Å²) in [5, 5.41) is 15.6. The zero-order chi connectivity index (χ0) is 20.3. The monoisotopic (exact) mass is 386 g/mol. The number of ether oxygens (including phenoxy) is 2. The number of rotatable bonds is 5. The van der Waals surface area contributed by atoms with E-state index in [0.29, 0.717) is 13.1 Å². The summed E-state index contributed by atoms with van der Waals surface area (Å²) in [6, 6.07) is 14.3. The molecule has 0 bridgehead atoms. The molecule has 1 heterocycles. The maximum Gasteiger partial charge on any atom is 0.407 e. The number of amides is 1. The summed E-state index contributed by atoms with van der Waals surface area (Å²) in [7, 11) is 1.47. The highest BCUT2D eigenvalue weighted by atomic mass is 16.6. The lowest BCUT2D eigenvalue weighted by atomic mass is 10.0. The Morgan fingerprint density at radius 1 is 1.21 bits per heavy atom. The van der Waals surface area contributed by atoms with Gasteiger partial charge in [-0.3, -0.25) is 4.90 Å². The number of nitrogens with one attached hydrogen (secondary N) is 1. The molecule has 0 aromatic heterocycles. The Morgan fingerprint density at radius 2 is 1.93 bits per heavy atom. The molecular weight excluding hydrogens is 356 g/mol. The molecule has 0 spiro atoms. The quantitative estimate of drug-likeness (QED) is 0.773. The van der Waals surface area contributed by atoms with Crippen LogP contribution in [0.25, 0.3) is 10.8 Å². The van der Waals surface area contributed by atoms with Crippen molar-refractivity contribution in [3.8, 4) is 0 Å². The van der Waals surface area contributed by atoms with Gasteiger partial charge in [0.2, 0.25) is 0 Å². The van der Waals surface area contributed by atoms with Crippen molar-refractivity contribution < 1.29 is 19.4 Å². The second-order valence-corrected chi connectivity index (χ2v) is 8.38. The lowest BCUT2D eigenvalue weighted by molar-refractivity contribution is -0.114. The standard InChI is InChI=1S/C22H30N2O4/c1-22(2,3)28-21(26)23-19-14-24(13-18(19)20(25)27-4)12-16-10-7-9-15-8-5-6-11-17(15)16/h5-11,18-20,25H,12-14H2,1-4H3,(H,23,26)/t18?,19-,20-/m1/s1. The maximum absolute atomic E-state index is 12.2. The van der Waals surface area contributed by atoms with Crippen LogP contribution >= 0.6 is 0 Å². The van der Waals surface area contributed by atoms with Crippen LogP contribution in [0.1, 0.15) is 26.3 Å². The predicted molar refractivity (Wildman–Crippen MR) is 109 cm³/mol. The summed E-state index contributed by atoms with van der Waals surface area (Å²) in [6.45, 7) is 7.47. The zero-order valence-electron chi connectivity index (χ0n) is 17.0. The molecule has 28 heavy (non-hydrogen) atoms. The smallest absolute Gasteiger partial charge is 0.407 e. The van der Waals surface area contributed by atoms with Crippen LogP contribution < -0.4 is 5.32 Å². The third-order valence-corrected chi connectivity index (χ3v) is 5.02. The number of aliphatic hydroxyl groups is 1. The summed E-state index contributed by atoms with van der Waals surface area (Å²) >= 11 is 0. The molecule has 2 aromatic carbocycles. The minimum Gasteiger partial charge on any atom is -0.444 e. The molecular formula is C22H30N2O4. The van der Waals surface area contributed by atoms with E-state index in [1.54, 1.807) is 0 Å². The molecule has 0 aliphatic carbocycles. The molecule has 0 saturated carbocycles. The first-order valence-corrected chi connectivity index (χ1v) is 9.66. The first-order chi connectivity index (χ1) is 13.3. The summed E-state index contributed by atoms with van der Waals surface area (Å²) in [5.74, 6) is -0.229. The summed E-state index contributed by atoms with van der Waals surface area (Å²) in [5.41, 5.74) is 0.655. The number of likely N-dealkylation sites (tertiary alicyclic amines) is 1. The number of benzene rings is 2. The van der Waals surface area contributed by atoms with Crippen molar-refractivity contribution in [3.05, 3.63) is 48.0 Å². The van der Waals surface area contributed by atoms with Gasteiger partial charge in [0.15, 0.2) is 6.29 Å². The van der Waals surface area contributed by atoms with Crippen LogP contribution in [0.3, 0.4) is 0 Å². The van der Waals surface area contributed by atoms with Crippen molar-refractivity contribution in [1.29, 1.82) is 0 Å². The molecule has 1 unspecified atom stereocenters. The molecule has 3 rings (SSSR count). The number of aliphatic hydroxyl groups excluding tert-OH is 1. The fourth-order valence-corrected chi connectivity index (χ4v) is 3.79. The molecule has 1 saturated heterocycles. The molecule has 152 valence electrons. The van der Waals surface area contributed by atoms with Crippen LogP contribution in [0.5, 0.6) is 0 Å². The normalized spacial score (nSPS) is 21.6. The van der Waals surface area contributed by atoms with Crippen molar-refractivity contribution >= 4 is 16.9 Å². The van der Waals surface area contributed by atoms with E-state index >= 15 is 0 Å². The lowest BCUT2D eigenvalue weighted by Gasteiger charge is -2.25. The molecule has 0 radical (unpaired) electrons. The average molecular weight is 386 g/mol. The molecule has 1 aliphatic rings. The van der Waals surface area contributed by atoms with Crippen LogP contribution in [-0.2, 0) is 16.0 Å². The van der Waals surface area contributed by atoms with E-state index in [2.05, 4.69) is 40.5 Å². The van der Waals surface area contributed by atoms with E-state index < -0.39 is 18.0 Å². The summed E-state index contributed by atoms with van der Waals surface area (Å²) < 4.78 is 10.5. The van der Waals surface area contributed by atoms with Gasteiger partial charge in [0.25, 0.3) is 0 Å². The third-order valence-electron chi connectivity index (χ3n) is 5.02. The summed E-state index contributed by atoms with van der Waals surface area (Å²) in [4.78, 5) is 14.5. The van der Waals surface area contributed by atoms with Gasteiger partial charge in [-0.1, -0.05) is 42.5 Å². The van der Waals surface area contributed by atoms with Crippen LogP contribution in [0.4, 0.5) is 4.79 Å². The van der Waals surface area contributed by atoms with Crippen LogP contribution in [-0.4, -0.2) is 54.2 Å². The van der Waals surface area contributed by atoms with Crippen LogP contribution in [0.15, 0.2) is 42.5 Å². The Morgan fingerprint density at radius 3 is 2.64 bits per heavy atom. The van der Waals surface area contributed by atoms with Crippen molar-refractivity contribution in [2.75, 3.05) is 20.2 Å². The van der Waals surface area contributed by atoms with Crippen LogP contribution in [0.2, 0.25) is 0 Å². The molecule has 2 N–H and O–H groups in total. The Hall–Kier alpha value is -2.15. The highest BCUT2D eigenvalue weighted by Gasteiger charge is 2.39. The van der Waals surface area contributed by atoms with E-state index in [1.807, 2.05) is 32.9 Å². The first-order valence-electron chi connectivity index (χ1n) is 9.66. The van der Waals surface area contributed by atoms with Crippen molar-refractivity contribution in [3.63, 3.8) is 0 Å². The van der Waals surface area contributed by atoms with E-state index in [0.717, 1.165) is 6.54 Å². The van der Waals surface area contributed by atoms with Gasteiger partial charge in [0.05, 0.1) is 6.04 Å². The fourth-order valence-electron chi connectivity index (χ4n) is 3.79. The van der Waals surface area contributed by atoms with Gasteiger partial charge in [-0.15, -0.1) is 0 Å². The minimum absolute atomic E-state index is 0.229. The Labute approximate surface area is 166 Å². The second-order valence-electron chi connectivity index (χ2n) is 8.38. The highest BCUT2D eigenvalue weighted by molar-refractivity contribution is 5.85. The van der Waals surface area contributed by atoms with Crippen LogP contribution in [0, 0.1) is 5.92 Å². The molecule has 1 fully saturated rings. The lowest BCUT2D eigenvalue weighted by Crippen LogP contribution is -2.46. The average Bonchev–Trinajstić information content (AvgIpc) is 3.02. The number of hydrogen-bond acceptors (Lipinski definition) is 5. The zero-order valence-corrected chi connectivity index (χ0v) is 17.0. The molecule has 6 heteroatoms. The van der Waals surface area contributed by atoms with Gasteiger partial charge in [0.1, 0.15) is 5.60 Å². The van der Waals surface area contributed by atoms with Gasteiger partial charge in [-0.2, -0.15) is 0 Å². The molecule has 2 aromatic rings. The Balaban J connectivity index is 1.73. The van der Waals surface area contributed by atoms with Crippen molar-refractivity contribution in [2.45, 2.75) is 45.2 Å². The predicted octanol–water partition coefficient (Wildman–Crippen LogP) is 3.13. The Kier molecular flexibility index (Phi) is 6.23. The number of fused-ring (bicyclic) bond motifs is 1. The number of hydrogen-bond donors (Lipinski definition) is 2. The fraction of sp³-hybridized carbons (Fsp3) is 0.500. The number of carbonyl (C=O) groups excluding carboxylic acids is 1. The van der Waals surface area contributed by atoms with E-state index in [9.17, 15) is 9.90 Å². The number of carbonyl (C=O) groups is 1. The highest BCUT2D eigenvalue weighted by Crippen LogP contribution is 2.26. The number of methoxy groups -OCH3 is 1. The molecule has 6 nitrogen and oxygen atoms in total. The van der Waals surface area contributed by atoms with Gasteiger partial charge >= 0.3 is 6.09 Å². The second kappa shape index (κ2) is 8.47. The topological polar surface area (TPSA) is 71.0 Å². The van der Waals surface area contributed by atoms with Gasteiger partial charge < -0.3 is 19.9 Å². The molecule has 1 amide bonds. The van der Waals surface area contributed by atoms with E-state index in [4.69, 9.17) is 9.47 Å². The third kappa shape index (κ3) is 5.01. The Bertz CT molecular complexity index is 812. The van der Waals surface area contributed by atoms with Crippen molar-refractivity contribution in [2.24, 2.45) is 5.92 Å². The van der Waals surface area contributed by atoms with Gasteiger partial charge in [0, 0.05) is 32.7 Å². The van der Waals surface area contributed by atoms with E-state index in [1.165, 1.54) is 23.4 Å². The van der Waals surface area contributed by atoms with Gasteiger partial charge in [-0.05, 0) is 37.1 Å². The number of nitrogens with zero attached hydrogens (tertiary/aromatic N) is 1. The van der Waals surface area contributed by atoms with Gasteiger partial charge in [-0.25, -0.2) is 4.79 Å². The van der Waals surface area contributed by atoms with E-state index in [-0.39, 0.29) is 12.0 Å². The molecule has 1 aliphatic heterocycles. The first kappa shape index (κ1) is 20.6. The minimum atomic E-state index is -0.947. The molecule has 3 atom stereocenters. The summed E-state index contributed by atoms with van der Waals surface area (Å²) in [6.07, 6.45) is -1.42.